The lowest BCUT2D eigenvalue weighted by atomic mass is 10.0. The van der Waals surface area contributed by atoms with Gasteiger partial charge in [-0.15, -0.1) is 0 Å². The standard InChI is InChI=1S/C66H131N2O6P/c1-6-8-10-12-14-16-18-20-22-24-26-28-30-32-34-36-38-40-42-44-46-48-50-52-54-56-58-60-66(70)67-64(63-74-75(71,72)73-62-61-68(3,4)5)65(69)59-57-55-53-51-49-47-45-43-41-39-37-35-33-31-29-27-25-23-21-19-17-15-13-11-9-7-2/h24,26,57,59,64-65,69H,6-23,25,27-56,58,60-63H2,1-5H3,(H-,67,70,71,72)/b26-24-,59-57+. The number of aliphatic hydroxyl groups is 1. The van der Waals surface area contributed by atoms with Crippen molar-refractivity contribution in [2.75, 3.05) is 40.9 Å². The molecule has 0 heterocycles. The number of phosphoric ester groups is 1. The number of likely N-dealkylation sites (N-methyl/N-ethyl adjacent to an activating group) is 1. The summed E-state index contributed by atoms with van der Waals surface area (Å²) in [6.45, 7) is 4.71. The minimum absolute atomic E-state index is 0.00153. The second kappa shape index (κ2) is 57.7. The van der Waals surface area contributed by atoms with Crippen LogP contribution in [-0.2, 0) is 18.4 Å². The normalized spacial score (nSPS) is 13.9. The number of amides is 1. The maximum Gasteiger partial charge on any atom is 0.268 e. The van der Waals surface area contributed by atoms with Gasteiger partial charge in [-0.2, -0.15) is 0 Å². The first-order valence-electron chi connectivity index (χ1n) is 33.2. The van der Waals surface area contributed by atoms with Crippen LogP contribution in [0, 0.1) is 0 Å². The first kappa shape index (κ1) is 74.0. The molecular formula is C66H131N2O6P. The lowest BCUT2D eigenvalue weighted by molar-refractivity contribution is -0.870. The quantitative estimate of drug-likeness (QED) is 0.0272. The summed E-state index contributed by atoms with van der Waals surface area (Å²) >= 11 is 0. The summed E-state index contributed by atoms with van der Waals surface area (Å²) in [5.41, 5.74) is 0. The third-order valence-corrected chi connectivity index (χ3v) is 16.4. The summed E-state index contributed by atoms with van der Waals surface area (Å²) in [6, 6.07) is -0.885. The molecule has 0 aromatic heterocycles. The Bertz CT molecular complexity index is 1270. The molecule has 3 atom stereocenters. The minimum atomic E-state index is -4.60. The van der Waals surface area contributed by atoms with Crippen LogP contribution in [0.4, 0.5) is 0 Å². The van der Waals surface area contributed by atoms with E-state index in [2.05, 4.69) is 31.3 Å². The molecule has 8 nitrogen and oxygen atoms in total. The number of phosphoric acid groups is 1. The highest BCUT2D eigenvalue weighted by Crippen LogP contribution is 2.38. The van der Waals surface area contributed by atoms with Gasteiger partial charge in [0, 0.05) is 6.42 Å². The van der Waals surface area contributed by atoms with Gasteiger partial charge in [-0.3, -0.25) is 9.36 Å². The van der Waals surface area contributed by atoms with Gasteiger partial charge in [0.25, 0.3) is 7.82 Å². The summed E-state index contributed by atoms with van der Waals surface area (Å²) in [4.78, 5) is 25.6. The Morgan fingerprint density at radius 2 is 0.733 bits per heavy atom. The molecule has 446 valence electrons. The van der Waals surface area contributed by atoms with Crippen molar-refractivity contribution in [1.29, 1.82) is 0 Å². The van der Waals surface area contributed by atoms with E-state index in [-0.39, 0.29) is 19.1 Å². The summed E-state index contributed by atoms with van der Waals surface area (Å²) in [5.74, 6) is -0.190. The van der Waals surface area contributed by atoms with Crippen molar-refractivity contribution in [2.24, 2.45) is 0 Å². The molecule has 0 saturated carbocycles. The van der Waals surface area contributed by atoms with Crippen molar-refractivity contribution in [3.8, 4) is 0 Å². The molecule has 0 aliphatic heterocycles. The highest BCUT2D eigenvalue weighted by atomic mass is 31.2. The molecule has 0 rings (SSSR count). The van der Waals surface area contributed by atoms with Crippen molar-refractivity contribution in [1.82, 2.24) is 5.32 Å². The number of hydrogen-bond acceptors (Lipinski definition) is 6. The molecule has 0 aliphatic carbocycles. The summed E-state index contributed by atoms with van der Waals surface area (Å²) in [7, 11) is 1.28. The number of carbonyl (C=O) groups is 1. The zero-order chi connectivity index (χ0) is 54.9. The number of aliphatic hydroxyl groups excluding tert-OH is 1. The molecule has 0 spiro atoms. The maximum atomic E-state index is 13.0. The molecule has 0 aromatic rings. The predicted molar refractivity (Wildman–Crippen MR) is 325 cm³/mol. The van der Waals surface area contributed by atoms with Gasteiger partial charge in [0.2, 0.25) is 5.91 Å². The summed E-state index contributed by atoms with van der Waals surface area (Å²) < 4.78 is 23.4. The van der Waals surface area contributed by atoms with Crippen LogP contribution in [0.25, 0.3) is 0 Å². The van der Waals surface area contributed by atoms with E-state index in [0.29, 0.717) is 17.4 Å². The highest BCUT2D eigenvalue weighted by Gasteiger charge is 2.23. The van der Waals surface area contributed by atoms with Crippen LogP contribution >= 0.6 is 7.82 Å². The van der Waals surface area contributed by atoms with Crippen molar-refractivity contribution >= 4 is 13.7 Å². The largest absolute Gasteiger partial charge is 0.756 e. The Hall–Kier alpha value is -1.02. The van der Waals surface area contributed by atoms with Crippen LogP contribution in [0.15, 0.2) is 24.3 Å². The first-order valence-corrected chi connectivity index (χ1v) is 34.7. The van der Waals surface area contributed by atoms with Crippen LogP contribution in [0.3, 0.4) is 0 Å². The van der Waals surface area contributed by atoms with E-state index in [1.165, 1.54) is 283 Å². The Morgan fingerprint density at radius 1 is 0.453 bits per heavy atom. The molecule has 0 radical (unpaired) electrons. The average Bonchev–Trinajstić information content (AvgIpc) is 3.37. The van der Waals surface area contributed by atoms with Gasteiger partial charge >= 0.3 is 0 Å². The topological polar surface area (TPSA) is 108 Å². The van der Waals surface area contributed by atoms with Crippen LogP contribution in [0.5, 0.6) is 0 Å². The summed E-state index contributed by atoms with van der Waals surface area (Å²) in [6.07, 6.45) is 74.2. The molecule has 75 heavy (non-hydrogen) atoms. The van der Waals surface area contributed by atoms with E-state index >= 15 is 0 Å². The molecule has 3 unspecified atom stereocenters. The first-order chi connectivity index (χ1) is 36.5. The molecule has 9 heteroatoms. The van der Waals surface area contributed by atoms with Crippen LogP contribution in [0.2, 0.25) is 0 Å². The smallest absolute Gasteiger partial charge is 0.268 e. The second-order valence-electron chi connectivity index (χ2n) is 24.2. The van der Waals surface area contributed by atoms with E-state index in [4.69, 9.17) is 9.05 Å². The SMILES string of the molecule is CCCCCCCCCC/C=C\CCCCCCCCCCCCCCCCCC(=O)NC(COP(=O)([O-])OCC[N+](C)(C)C)C(O)/C=C/CCCCCCCCCCCCCCCCCCCCCCCCCC. The minimum Gasteiger partial charge on any atom is -0.756 e. The van der Waals surface area contributed by atoms with Gasteiger partial charge in [0.15, 0.2) is 0 Å². The lowest BCUT2D eigenvalue weighted by Crippen LogP contribution is -2.45. The fourth-order valence-electron chi connectivity index (χ4n) is 10.2. The monoisotopic (exact) mass is 1080 g/mol. The Kier molecular flexibility index (Phi) is 56.9. The van der Waals surface area contributed by atoms with E-state index in [1.54, 1.807) is 6.08 Å². The van der Waals surface area contributed by atoms with Crippen molar-refractivity contribution < 1.29 is 32.9 Å². The number of nitrogens with zero attached hydrogens (tertiary/aromatic N) is 1. The molecule has 0 aliphatic rings. The summed E-state index contributed by atoms with van der Waals surface area (Å²) in [5, 5.41) is 14.0. The van der Waals surface area contributed by atoms with Gasteiger partial charge in [-0.05, 0) is 44.9 Å². The third kappa shape index (κ3) is 60.5. The predicted octanol–water partition coefficient (Wildman–Crippen LogP) is 20.1. The molecule has 0 saturated heterocycles. The lowest BCUT2D eigenvalue weighted by Gasteiger charge is -2.29. The van der Waals surface area contributed by atoms with Crippen LogP contribution in [0.1, 0.15) is 341 Å². The van der Waals surface area contributed by atoms with Crippen LogP contribution < -0.4 is 10.2 Å². The van der Waals surface area contributed by atoms with Crippen molar-refractivity contribution in [2.45, 2.75) is 353 Å². The molecule has 0 fully saturated rings. The van der Waals surface area contributed by atoms with Gasteiger partial charge in [-0.1, -0.05) is 314 Å². The van der Waals surface area contributed by atoms with Gasteiger partial charge < -0.3 is 28.8 Å². The molecule has 0 bridgehead atoms. The highest BCUT2D eigenvalue weighted by molar-refractivity contribution is 7.45. The van der Waals surface area contributed by atoms with Crippen molar-refractivity contribution in [3.05, 3.63) is 24.3 Å². The number of rotatable bonds is 62. The molecule has 0 aromatic carbocycles. The number of nitrogens with one attached hydrogen (secondary N) is 1. The number of hydrogen-bond donors (Lipinski definition) is 2. The number of allylic oxidation sites excluding steroid dienone is 3. The Labute approximate surface area is 468 Å². The Morgan fingerprint density at radius 3 is 1.04 bits per heavy atom. The van der Waals surface area contributed by atoms with E-state index in [9.17, 15) is 19.4 Å². The fraction of sp³-hybridized carbons (Fsp3) is 0.924. The molecular weight excluding hydrogens is 948 g/mol. The van der Waals surface area contributed by atoms with E-state index in [1.807, 2.05) is 27.2 Å². The van der Waals surface area contributed by atoms with Gasteiger partial charge in [-0.25, -0.2) is 0 Å². The third-order valence-electron chi connectivity index (χ3n) is 15.4. The number of quaternary nitrogens is 1. The molecule has 2 N–H and O–H groups in total. The second-order valence-corrected chi connectivity index (χ2v) is 25.6. The van der Waals surface area contributed by atoms with Gasteiger partial charge in [0.05, 0.1) is 39.9 Å². The molecule has 1 amide bonds. The zero-order valence-corrected chi connectivity index (χ0v) is 51.9. The number of unbranched alkanes of at least 4 members (excludes halogenated alkanes) is 47. The number of carbonyl (C=O) groups excluding carboxylic acids is 1. The average molecular weight is 1080 g/mol. The van der Waals surface area contributed by atoms with Crippen molar-refractivity contribution in [3.63, 3.8) is 0 Å². The zero-order valence-electron chi connectivity index (χ0n) is 51.0. The Balaban J connectivity index is 4.09. The van der Waals surface area contributed by atoms with Crippen LogP contribution in [-0.4, -0.2) is 68.5 Å². The van der Waals surface area contributed by atoms with Gasteiger partial charge in [0.1, 0.15) is 13.2 Å². The van der Waals surface area contributed by atoms with E-state index < -0.39 is 20.0 Å². The maximum absolute atomic E-state index is 13.0. The van der Waals surface area contributed by atoms with E-state index in [0.717, 1.165) is 38.5 Å². The fourth-order valence-corrected chi connectivity index (χ4v) is 10.9.